The highest BCUT2D eigenvalue weighted by Gasteiger charge is 2.33. The molecule has 2 saturated carbocycles. The van der Waals surface area contributed by atoms with Crippen LogP contribution in [0.1, 0.15) is 71.1 Å². The zero-order chi connectivity index (χ0) is 15.9. The monoisotopic (exact) mass is 374 g/mol. The molecule has 0 amide bonds. The number of hydrogen-bond acceptors (Lipinski definition) is 4. The molecule has 2 rings (SSSR count). The minimum Gasteiger partial charge on any atom is -0.462 e. The lowest BCUT2D eigenvalue weighted by molar-refractivity contribution is -0.160. The number of halogens is 1. The quantitative estimate of drug-likeness (QED) is 0.535. The van der Waals surface area contributed by atoms with Gasteiger partial charge < -0.3 is 9.47 Å². The second kappa shape index (κ2) is 8.90. The van der Waals surface area contributed by atoms with Crippen LogP contribution in [-0.4, -0.2) is 29.0 Å². The molecule has 4 nitrogen and oxygen atoms in total. The third-order valence-electron chi connectivity index (χ3n) is 4.71. The maximum atomic E-state index is 12.2. The van der Waals surface area contributed by atoms with E-state index in [9.17, 15) is 9.59 Å². The van der Waals surface area contributed by atoms with Crippen molar-refractivity contribution >= 4 is 27.9 Å². The Morgan fingerprint density at radius 1 is 0.818 bits per heavy atom. The predicted molar refractivity (Wildman–Crippen MR) is 87.8 cm³/mol. The van der Waals surface area contributed by atoms with Crippen LogP contribution in [0.2, 0.25) is 0 Å². The smallest absolute Gasteiger partial charge is 0.320 e. The van der Waals surface area contributed by atoms with Crippen LogP contribution in [0, 0.1) is 5.92 Å². The van der Waals surface area contributed by atoms with E-state index < -0.39 is 10.7 Å². The zero-order valence-corrected chi connectivity index (χ0v) is 15.0. The van der Waals surface area contributed by atoms with Crippen LogP contribution in [0.25, 0.3) is 0 Å². The molecule has 2 aliphatic carbocycles. The normalized spacial score (nSPS) is 23.5. The number of rotatable bonds is 5. The standard InChI is InChI=1S/C17H27BrO4/c1-12(16(19)21-13-8-4-2-5-9-13)15(18)17(20)22-14-10-6-3-7-11-14/h12-15H,2-11H2,1H3. The summed E-state index contributed by atoms with van der Waals surface area (Å²) in [4.78, 5) is 23.7. The van der Waals surface area contributed by atoms with Gasteiger partial charge in [-0.15, -0.1) is 0 Å². The van der Waals surface area contributed by atoms with Gasteiger partial charge in [0.15, 0.2) is 0 Å². The lowest BCUT2D eigenvalue weighted by Gasteiger charge is -2.26. The van der Waals surface area contributed by atoms with Crippen molar-refractivity contribution in [1.82, 2.24) is 0 Å². The molecule has 0 aliphatic heterocycles. The van der Waals surface area contributed by atoms with Crippen LogP contribution < -0.4 is 0 Å². The maximum absolute atomic E-state index is 12.2. The number of carbonyl (C=O) groups is 2. The van der Waals surface area contributed by atoms with Crippen molar-refractivity contribution in [1.29, 1.82) is 0 Å². The fourth-order valence-electron chi connectivity index (χ4n) is 3.19. The predicted octanol–water partition coefficient (Wildman–Crippen LogP) is 4.14. The van der Waals surface area contributed by atoms with Gasteiger partial charge in [0.25, 0.3) is 0 Å². The van der Waals surface area contributed by atoms with E-state index in [0.717, 1.165) is 51.4 Å². The minimum absolute atomic E-state index is 0.0165. The second-order valence-electron chi connectivity index (χ2n) is 6.58. The topological polar surface area (TPSA) is 52.6 Å². The molecule has 0 bridgehead atoms. The van der Waals surface area contributed by atoms with Crippen molar-refractivity contribution in [2.75, 3.05) is 0 Å². The minimum atomic E-state index is -0.620. The summed E-state index contributed by atoms with van der Waals surface area (Å²) in [5.41, 5.74) is 0. The van der Waals surface area contributed by atoms with E-state index >= 15 is 0 Å². The van der Waals surface area contributed by atoms with Gasteiger partial charge in [0.2, 0.25) is 0 Å². The molecule has 2 fully saturated rings. The molecule has 2 atom stereocenters. The second-order valence-corrected chi connectivity index (χ2v) is 7.57. The van der Waals surface area contributed by atoms with E-state index in [2.05, 4.69) is 15.9 Å². The Bertz CT molecular complexity index is 337. The van der Waals surface area contributed by atoms with Crippen LogP contribution in [0.15, 0.2) is 0 Å². The average Bonchev–Trinajstić information content (AvgIpc) is 2.55. The summed E-state index contributed by atoms with van der Waals surface area (Å²) in [5.74, 6) is -1.15. The highest BCUT2D eigenvalue weighted by molar-refractivity contribution is 9.10. The highest BCUT2D eigenvalue weighted by Crippen LogP contribution is 2.25. The van der Waals surface area contributed by atoms with Gasteiger partial charge in [-0.2, -0.15) is 0 Å². The molecule has 0 saturated heterocycles. The summed E-state index contributed by atoms with van der Waals surface area (Å²) in [5, 5.41) is 0. The van der Waals surface area contributed by atoms with Gasteiger partial charge in [-0.3, -0.25) is 9.59 Å². The Balaban J connectivity index is 1.77. The van der Waals surface area contributed by atoms with E-state index in [1.807, 2.05) is 0 Å². The molecular weight excluding hydrogens is 348 g/mol. The Labute approximate surface area is 141 Å². The summed E-state index contributed by atoms with van der Waals surface area (Å²) in [6, 6.07) is 0. The number of ether oxygens (including phenoxy) is 2. The van der Waals surface area contributed by atoms with Crippen LogP contribution in [-0.2, 0) is 19.1 Å². The Kier molecular flexibility index (Phi) is 7.19. The van der Waals surface area contributed by atoms with Crippen molar-refractivity contribution in [3.8, 4) is 0 Å². The molecule has 0 aromatic carbocycles. The van der Waals surface area contributed by atoms with Crippen molar-refractivity contribution in [3.63, 3.8) is 0 Å². The van der Waals surface area contributed by atoms with Crippen molar-refractivity contribution < 1.29 is 19.1 Å². The van der Waals surface area contributed by atoms with Crippen molar-refractivity contribution in [2.45, 2.75) is 88.2 Å². The van der Waals surface area contributed by atoms with E-state index in [4.69, 9.17) is 9.47 Å². The maximum Gasteiger partial charge on any atom is 0.320 e. The third kappa shape index (κ3) is 5.25. The van der Waals surface area contributed by atoms with Crippen molar-refractivity contribution in [3.05, 3.63) is 0 Å². The summed E-state index contributed by atoms with van der Waals surface area (Å²) in [6.07, 6.45) is 10.7. The number of hydrogen-bond donors (Lipinski definition) is 0. The van der Waals surface area contributed by atoms with Crippen LogP contribution in [0.4, 0.5) is 0 Å². The van der Waals surface area contributed by atoms with E-state index in [1.165, 1.54) is 12.8 Å². The largest absolute Gasteiger partial charge is 0.462 e. The number of alkyl halides is 1. The van der Waals surface area contributed by atoms with E-state index in [0.29, 0.717) is 0 Å². The summed E-state index contributed by atoms with van der Waals surface area (Å²) >= 11 is 3.33. The van der Waals surface area contributed by atoms with E-state index in [-0.39, 0.29) is 24.1 Å². The van der Waals surface area contributed by atoms with E-state index in [1.54, 1.807) is 6.92 Å². The van der Waals surface area contributed by atoms with Crippen LogP contribution in [0.5, 0.6) is 0 Å². The molecule has 0 aromatic heterocycles. The summed E-state index contributed by atoms with van der Waals surface area (Å²) in [7, 11) is 0. The first-order chi connectivity index (χ1) is 10.6. The molecule has 0 aromatic rings. The van der Waals surface area contributed by atoms with Crippen LogP contribution >= 0.6 is 15.9 Å². The Morgan fingerprint density at radius 2 is 1.23 bits per heavy atom. The molecule has 0 heterocycles. The van der Waals surface area contributed by atoms with Gasteiger partial charge in [0, 0.05) is 0 Å². The highest BCUT2D eigenvalue weighted by atomic mass is 79.9. The van der Waals surface area contributed by atoms with Gasteiger partial charge >= 0.3 is 11.9 Å². The lowest BCUT2D eigenvalue weighted by atomic mass is 9.97. The molecule has 126 valence electrons. The molecule has 2 aliphatic rings. The van der Waals surface area contributed by atoms with Crippen LogP contribution in [0.3, 0.4) is 0 Å². The number of carbonyl (C=O) groups excluding carboxylic acids is 2. The van der Waals surface area contributed by atoms with Gasteiger partial charge in [0.05, 0.1) is 5.92 Å². The zero-order valence-electron chi connectivity index (χ0n) is 13.4. The number of esters is 2. The summed E-state index contributed by atoms with van der Waals surface area (Å²) in [6.45, 7) is 1.73. The molecule has 0 spiro atoms. The molecular formula is C17H27BrO4. The third-order valence-corrected chi connectivity index (χ3v) is 5.87. The Morgan fingerprint density at radius 3 is 1.68 bits per heavy atom. The SMILES string of the molecule is CC(C(=O)OC1CCCCC1)C(Br)C(=O)OC1CCCCC1. The first-order valence-corrected chi connectivity index (χ1v) is 9.54. The van der Waals surface area contributed by atoms with Gasteiger partial charge in [-0.05, 0) is 51.4 Å². The molecule has 22 heavy (non-hydrogen) atoms. The first kappa shape index (κ1) is 17.8. The summed E-state index contributed by atoms with van der Waals surface area (Å²) < 4.78 is 11.1. The van der Waals surface area contributed by atoms with Gasteiger partial charge in [0.1, 0.15) is 17.0 Å². The lowest BCUT2D eigenvalue weighted by Crippen LogP contribution is -2.35. The van der Waals surface area contributed by atoms with Gasteiger partial charge in [-0.25, -0.2) is 0 Å². The van der Waals surface area contributed by atoms with Gasteiger partial charge in [-0.1, -0.05) is 35.7 Å². The Hall–Kier alpha value is -0.580. The molecule has 0 radical (unpaired) electrons. The molecule has 2 unspecified atom stereocenters. The fourth-order valence-corrected chi connectivity index (χ4v) is 3.51. The average molecular weight is 375 g/mol. The molecule has 0 N–H and O–H groups in total. The first-order valence-electron chi connectivity index (χ1n) is 8.63. The fraction of sp³-hybridized carbons (Fsp3) is 0.882. The van der Waals surface area contributed by atoms with Crippen molar-refractivity contribution in [2.24, 2.45) is 5.92 Å². The molecule has 5 heteroatoms.